The van der Waals surface area contributed by atoms with Crippen LogP contribution in [-0.4, -0.2) is 29.0 Å². The topological polar surface area (TPSA) is 53.1 Å². The zero-order chi connectivity index (χ0) is 13.7. The number of hydrogen-bond acceptors (Lipinski definition) is 3. The van der Waals surface area contributed by atoms with Crippen LogP contribution in [0.4, 0.5) is 0 Å². The van der Waals surface area contributed by atoms with E-state index in [1.165, 1.54) is 32.1 Å². The van der Waals surface area contributed by atoms with E-state index in [0.29, 0.717) is 12.6 Å². The van der Waals surface area contributed by atoms with Gasteiger partial charge in [0.15, 0.2) is 0 Å². The van der Waals surface area contributed by atoms with Crippen LogP contribution >= 0.6 is 0 Å². The van der Waals surface area contributed by atoms with Crippen LogP contribution in [0, 0.1) is 0 Å². The highest BCUT2D eigenvalue weighted by Crippen LogP contribution is 2.27. The average Bonchev–Trinajstić information content (AvgIpc) is 2.85. The molecule has 4 nitrogen and oxygen atoms in total. The number of nitrogens with two attached hydrogens (primary N) is 1. The first kappa shape index (κ1) is 14.5. The summed E-state index contributed by atoms with van der Waals surface area (Å²) in [4.78, 5) is 0. The molecule has 0 bridgehead atoms. The molecule has 0 radical (unpaired) electrons. The molecule has 1 unspecified atom stereocenters. The third-order valence-electron chi connectivity index (χ3n) is 4.07. The second kappa shape index (κ2) is 6.53. The van der Waals surface area contributed by atoms with Crippen molar-refractivity contribution in [2.45, 2.75) is 63.5 Å². The van der Waals surface area contributed by atoms with Gasteiger partial charge >= 0.3 is 0 Å². The molecular formula is C15H27N3O. The van der Waals surface area contributed by atoms with Crippen LogP contribution in [0.5, 0.6) is 0 Å². The fourth-order valence-corrected chi connectivity index (χ4v) is 2.86. The lowest BCUT2D eigenvalue weighted by molar-refractivity contribution is 0.171. The van der Waals surface area contributed by atoms with Gasteiger partial charge in [0.2, 0.25) is 0 Å². The van der Waals surface area contributed by atoms with Gasteiger partial charge in [0.1, 0.15) is 0 Å². The molecule has 108 valence electrons. The predicted octanol–water partition coefficient (Wildman–Crippen LogP) is 2.68. The zero-order valence-electron chi connectivity index (χ0n) is 12.3. The summed E-state index contributed by atoms with van der Waals surface area (Å²) >= 11 is 0. The van der Waals surface area contributed by atoms with Crippen LogP contribution < -0.4 is 5.73 Å². The molecule has 1 saturated carbocycles. The SMILES string of the molecule is COCCC(C)(N)Cc1ccn(C2CCCCC2)n1. The Morgan fingerprint density at radius 1 is 1.42 bits per heavy atom. The van der Waals surface area contributed by atoms with Crippen molar-refractivity contribution in [2.24, 2.45) is 5.73 Å². The molecule has 19 heavy (non-hydrogen) atoms. The fourth-order valence-electron chi connectivity index (χ4n) is 2.86. The molecule has 0 aromatic carbocycles. The van der Waals surface area contributed by atoms with Crippen molar-refractivity contribution in [3.05, 3.63) is 18.0 Å². The Morgan fingerprint density at radius 2 is 2.16 bits per heavy atom. The molecule has 1 fully saturated rings. The maximum atomic E-state index is 6.29. The van der Waals surface area contributed by atoms with Gasteiger partial charge in [-0.05, 0) is 32.3 Å². The standard InChI is InChI=1S/C15H27N3O/c1-15(16,9-11-19-2)12-13-8-10-18(17-13)14-6-4-3-5-7-14/h8,10,14H,3-7,9,11-12,16H2,1-2H3. The van der Waals surface area contributed by atoms with Crippen molar-refractivity contribution in [3.8, 4) is 0 Å². The van der Waals surface area contributed by atoms with E-state index in [0.717, 1.165) is 18.5 Å². The fraction of sp³-hybridized carbons (Fsp3) is 0.800. The lowest BCUT2D eigenvalue weighted by Gasteiger charge is -2.24. The molecule has 0 saturated heterocycles. The molecule has 1 aromatic rings. The van der Waals surface area contributed by atoms with Gasteiger partial charge in [0.05, 0.1) is 11.7 Å². The first-order chi connectivity index (χ1) is 9.11. The largest absolute Gasteiger partial charge is 0.385 e. The smallest absolute Gasteiger partial charge is 0.0642 e. The summed E-state index contributed by atoms with van der Waals surface area (Å²) in [5.41, 5.74) is 7.16. The van der Waals surface area contributed by atoms with E-state index in [1.807, 2.05) is 0 Å². The summed E-state index contributed by atoms with van der Waals surface area (Å²) in [6.45, 7) is 2.78. The Kier molecular flexibility index (Phi) is 4.99. The van der Waals surface area contributed by atoms with E-state index in [4.69, 9.17) is 15.6 Å². The maximum absolute atomic E-state index is 6.29. The van der Waals surface area contributed by atoms with E-state index in [-0.39, 0.29) is 5.54 Å². The first-order valence-electron chi connectivity index (χ1n) is 7.42. The highest BCUT2D eigenvalue weighted by molar-refractivity contribution is 5.05. The third kappa shape index (κ3) is 4.32. The second-order valence-electron chi connectivity index (χ2n) is 6.15. The van der Waals surface area contributed by atoms with E-state index in [9.17, 15) is 0 Å². The number of aromatic nitrogens is 2. The van der Waals surface area contributed by atoms with Crippen LogP contribution in [0.2, 0.25) is 0 Å². The number of methoxy groups -OCH3 is 1. The lowest BCUT2D eigenvalue weighted by atomic mass is 9.94. The molecule has 1 atom stereocenters. The molecule has 2 N–H and O–H groups in total. The van der Waals surface area contributed by atoms with Gasteiger partial charge in [-0.15, -0.1) is 0 Å². The van der Waals surface area contributed by atoms with Crippen molar-refractivity contribution in [1.29, 1.82) is 0 Å². The summed E-state index contributed by atoms with van der Waals surface area (Å²) < 4.78 is 7.26. The van der Waals surface area contributed by atoms with Crippen LogP contribution in [-0.2, 0) is 11.2 Å². The summed E-state index contributed by atoms with van der Waals surface area (Å²) in [6.07, 6.45) is 10.4. The summed E-state index contributed by atoms with van der Waals surface area (Å²) in [5.74, 6) is 0. The number of nitrogens with zero attached hydrogens (tertiary/aromatic N) is 2. The minimum atomic E-state index is -0.234. The van der Waals surface area contributed by atoms with E-state index in [2.05, 4.69) is 23.9 Å². The Bertz CT molecular complexity index is 380. The van der Waals surface area contributed by atoms with E-state index < -0.39 is 0 Å². The third-order valence-corrected chi connectivity index (χ3v) is 4.07. The maximum Gasteiger partial charge on any atom is 0.0642 e. The van der Waals surface area contributed by atoms with Crippen molar-refractivity contribution in [1.82, 2.24) is 9.78 Å². The van der Waals surface area contributed by atoms with Crippen LogP contribution in [0.15, 0.2) is 12.3 Å². The molecule has 2 rings (SSSR count). The number of hydrogen-bond donors (Lipinski definition) is 1. The molecule has 0 aliphatic heterocycles. The van der Waals surface area contributed by atoms with Gasteiger partial charge in [0.25, 0.3) is 0 Å². The molecule has 4 heteroatoms. The predicted molar refractivity (Wildman–Crippen MR) is 77.1 cm³/mol. The first-order valence-corrected chi connectivity index (χ1v) is 7.42. The Balaban J connectivity index is 1.92. The minimum Gasteiger partial charge on any atom is -0.385 e. The van der Waals surface area contributed by atoms with Crippen molar-refractivity contribution in [2.75, 3.05) is 13.7 Å². The molecule has 0 spiro atoms. The van der Waals surface area contributed by atoms with Crippen molar-refractivity contribution < 1.29 is 4.74 Å². The minimum absolute atomic E-state index is 0.234. The van der Waals surface area contributed by atoms with Gasteiger partial charge < -0.3 is 10.5 Å². The molecule has 1 aliphatic carbocycles. The van der Waals surface area contributed by atoms with E-state index >= 15 is 0 Å². The molecule has 0 amide bonds. The van der Waals surface area contributed by atoms with Crippen LogP contribution in [0.3, 0.4) is 0 Å². The Labute approximate surface area is 116 Å². The second-order valence-corrected chi connectivity index (χ2v) is 6.15. The quantitative estimate of drug-likeness (QED) is 0.860. The average molecular weight is 265 g/mol. The van der Waals surface area contributed by atoms with Crippen molar-refractivity contribution >= 4 is 0 Å². The highest BCUT2D eigenvalue weighted by Gasteiger charge is 2.21. The summed E-state index contributed by atoms with van der Waals surface area (Å²) in [5, 5.41) is 4.72. The monoisotopic (exact) mass is 265 g/mol. The lowest BCUT2D eigenvalue weighted by Crippen LogP contribution is -2.39. The van der Waals surface area contributed by atoms with Crippen molar-refractivity contribution in [3.63, 3.8) is 0 Å². The van der Waals surface area contributed by atoms with E-state index in [1.54, 1.807) is 7.11 Å². The molecule has 1 aliphatic rings. The van der Waals surface area contributed by atoms with Gasteiger partial charge in [-0.2, -0.15) is 5.10 Å². The van der Waals surface area contributed by atoms with Gasteiger partial charge in [0, 0.05) is 31.9 Å². The Hall–Kier alpha value is -0.870. The molecular weight excluding hydrogens is 238 g/mol. The molecule has 1 heterocycles. The van der Waals surface area contributed by atoms with Crippen LogP contribution in [0.1, 0.15) is 57.2 Å². The molecule has 1 aromatic heterocycles. The Morgan fingerprint density at radius 3 is 2.84 bits per heavy atom. The zero-order valence-corrected chi connectivity index (χ0v) is 12.3. The van der Waals surface area contributed by atoms with Gasteiger partial charge in [-0.3, -0.25) is 4.68 Å². The van der Waals surface area contributed by atoms with Crippen LogP contribution in [0.25, 0.3) is 0 Å². The van der Waals surface area contributed by atoms with Gasteiger partial charge in [-0.25, -0.2) is 0 Å². The summed E-state index contributed by atoms with van der Waals surface area (Å²) in [6, 6.07) is 2.72. The summed E-state index contributed by atoms with van der Waals surface area (Å²) in [7, 11) is 1.72. The number of rotatable bonds is 6. The highest BCUT2D eigenvalue weighted by atomic mass is 16.5. The van der Waals surface area contributed by atoms with Gasteiger partial charge in [-0.1, -0.05) is 19.3 Å². The normalized spacial score (nSPS) is 20.4. The number of ether oxygens (including phenoxy) is 1.